The molecule has 0 amide bonds. The molecule has 62 heavy (non-hydrogen) atoms. The Kier molecular flexibility index (Phi) is 8.62. The van der Waals surface area contributed by atoms with E-state index < -0.39 is 0 Å². The van der Waals surface area contributed by atoms with Gasteiger partial charge in [-0.2, -0.15) is 21.0 Å². The van der Waals surface area contributed by atoms with Crippen molar-refractivity contribution in [1.29, 1.82) is 21.0 Å². The summed E-state index contributed by atoms with van der Waals surface area (Å²) >= 11 is 0. The molecule has 0 spiro atoms. The summed E-state index contributed by atoms with van der Waals surface area (Å²) in [4.78, 5) is 7.25. The van der Waals surface area contributed by atoms with Crippen LogP contribution in [0.3, 0.4) is 0 Å². The lowest BCUT2D eigenvalue weighted by Gasteiger charge is -2.19. The first-order valence-electron chi connectivity index (χ1n) is 19.5. The van der Waals surface area contributed by atoms with Crippen molar-refractivity contribution in [3.05, 3.63) is 203 Å². The van der Waals surface area contributed by atoms with Gasteiger partial charge in [0, 0.05) is 32.7 Å². The lowest BCUT2D eigenvalue weighted by atomic mass is 9.98. The minimum Gasteiger partial charge on any atom is -0.308 e. The third-order valence-electron chi connectivity index (χ3n) is 11.4. The second-order valence-electron chi connectivity index (χ2n) is 14.8. The Morgan fingerprint density at radius 2 is 0.790 bits per heavy atom. The predicted molar refractivity (Wildman–Crippen MR) is 243 cm³/mol. The Balaban J connectivity index is 1.33. The van der Waals surface area contributed by atoms with Gasteiger partial charge >= 0.3 is 0 Å². The smallest absolute Gasteiger partial charge is 0.189 e. The van der Waals surface area contributed by atoms with Gasteiger partial charge in [-0.3, -0.25) is 0 Å². The van der Waals surface area contributed by atoms with Gasteiger partial charge in [-0.1, -0.05) is 72.8 Å². The maximum Gasteiger partial charge on any atom is 0.189 e. The molecule has 282 valence electrons. The van der Waals surface area contributed by atoms with Crippen molar-refractivity contribution in [3.63, 3.8) is 0 Å². The standard InChI is InChI=1S/C54H26N8/c1-59-42-21-34(30-56)19-39(23-42)37-14-16-46-44-10-3-5-12-49(44)61(51(46)25-37)53-27-41(36-9-7-8-33(18-36)29-55)28-54(48(53)32-58)62-50-13-6-4-11-45(50)47-17-15-38(26-52(47)62)40-20-35(31-57)22-43(24-40)60-2/h3-28H. The van der Waals surface area contributed by atoms with Crippen LogP contribution in [0, 0.1) is 58.5 Å². The van der Waals surface area contributed by atoms with Gasteiger partial charge in [0.1, 0.15) is 11.6 Å². The van der Waals surface area contributed by atoms with E-state index in [0.29, 0.717) is 45.0 Å². The zero-order chi connectivity index (χ0) is 42.5. The van der Waals surface area contributed by atoms with Gasteiger partial charge in [-0.15, -0.1) is 0 Å². The van der Waals surface area contributed by atoms with Gasteiger partial charge in [0.05, 0.1) is 70.4 Å². The molecule has 10 rings (SSSR count). The molecule has 0 aliphatic carbocycles. The Morgan fingerprint density at radius 3 is 1.26 bits per heavy atom. The van der Waals surface area contributed by atoms with Crippen LogP contribution in [0.5, 0.6) is 0 Å². The molecule has 0 saturated carbocycles. The third kappa shape index (κ3) is 5.87. The molecular weight excluding hydrogens is 761 g/mol. The van der Waals surface area contributed by atoms with Gasteiger partial charge < -0.3 is 9.13 Å². The van der Waals surface area contributed by atoms with Gasteiger partial charge in [0.25, 0.3) is 0 Å². The third-order valence-corrected chi connectivity index (χ3v) is 11.4. The molecule has 0 unspecified atom stereocenters. The molecule has 2 aromatic heterocycles. The van der Waals surface area contributed by atoms with E-state index in [0.717, 1.165) is 77.0 Å². The van der Waals surface area contributed by atoms with E-state index in [1.807, 2.05) is 103 Å². The van der Waals surface area contributed by atoms with Gasteiger partial charge in [-0.05, 0) is 118 Å². The van der Waals surface area contributed by atoms with E-state index in [2.05, 4.69) is 55.2 Å². The minimum atomic E-state index is 0.363. The van der Waals surface area contributed by atoms with E-state index in [1.165, 1.54) is 0 Å². The topological polar surface area (TPSA) is 114 Å². The predicted octanol–water partition coefficient (Wildman–Crippen LogP) is 13.5. The number of rotatable bonds is 5. The Hall–Kier alpha value is -9.70. The van der Waals surface area contributed by atoms with Crippen molar-refractivity contribution < 1.29 is 0 Å². The summed E-state index contributed by atoms with van der Waals surface area (Å²) in [6.07, 6.45) is 0. The molecular formula is C54H26N8. The number of benzene rings is 8. The van der Waals surface area contributed by atoms with Crippen LogP contribution in [0.1, 0.15) is 22.3 Å². The van der Waals surface area contributed by atoms with Crippen LogP contribution in [0.4, 0.5) is 11.4 Å². The lowest BCUT2D eigenvalue weighted by molar-refractivity contribution is 1.12. The number of hydrogen-bond donors (Lipinski definition) is 0. The first-order chi connectivity index (χ1) is 30.4. The zero-order valence-corrected chi connectivity index (χ0v) is 32.6. The van der Waals surface area contributed by atoms with Crippen molar-refractivity contribution in [3.8, 4) is 69.0 Å². The van der Waals surface area contributed by atoms with Gasteiger partial charge in [-0.25, -0.2) is 9.69 Å². The molecule has 8 nitrogen and oxygen atoms in total. The van der Waals surface area contributed by atoms with E-state index in [9.17, 15) is 21.0 Å². The SMILES string of the molecule is [C-]#[N+]c1cc(C#N)cc(-c2ccc3c4ccccc4n(-c4cc(-c5cccc(C#N)c5)cc(-n5c6ccccc6c6ccc(-c7cc(C#N)cc([N+]#[C-])c7)cc65)c4C#N)c3c2)c1. The highest BCUT2D eigenvalue weighted by molar-refractivity contribution is 6.12. The molecule has 0 bridgehead atoms. The molecule has 0 N–H and O–H groups in total. The van der Waals surface area contributed by atoms with Crippen LogP contribution in [0.2, 0.25) is 0 Å². The molecule has 0 radical (unpaired) electrons. The van der Waals surface area contributed by atoms with Crippen LogP contribution in [-0.4, -0.2) is 9.13 Å². The molecule has 0 aliphatic heterocycles. The maximum absolute atomic E-state index is 11.5. The average molecular weight is 787 g/mol. The van der Waals surface area contributed by atoms with Crippen LogP contribution in [-0.2, 0) is 0 Å². The average Bonchev–Trinajstić information content (AvgIpc) is 3.85. The van der Waals surface area contributed by atoms with E-state index in [-0.39, 0.29) is 0 Å². The Labute approximate surface area is 355 Å². The van der Waals surface area contributed by atoms with Crippen molar-refractivity contribution in [1.82, 2.24) is 9.13 Å². The largest absolute Gasteiger partial charge is 0.308 e. The molecule has 0 atom stereocenters. The summed E-state index contributed by atoms with van der Waals surface area (Å²) in [6, 6.07) is 59.2. The fourth-order valence-electron chi connectivity index (χ4n) is 8.65. The van der Waals surface area contributed by atoms with Crippen molar-refractivity contribution >= 4 is 55.0 Å². The Bertz CT molecular complexity index is 3560. The fourth-order valence-corrected chi connectivity index (χ4v) is 8.65. The van der Waals surface area contributed by atoms with Gasteiger partial charge in [0.2, 0.25) is 0 Å². The van der Waals surface area contributed by atoms with Gasteiger partial charge in [0.15, 0.2) is 11.4 Å². The Morgan fingerprint density at radius 1 is 0.355 bits per heavy atom. The zero-order valence-electron chi connectivity index (χ0n) is 32.6. The van der Waals surface area contributed by atoms with Crippen LogP contribution >= 0.6 is 0 Å². The molecule has 10 aromatic rings. The number of nitriles is 4. The van der Waals surface area contributed by atoms with Crippen LogP contribution < -0.4 is 0 Å². The van der Waals surface area contributed by atoms with Crippen molar-refractivity contribution in [2.24, 2.45) is 0 Å². The number of hydrogen-bond acceptors (Lipinski definition) is 4. The van der Waals surface area contributed by atoms with E-state index >= 15 is 0 Å². The molecule has 0 aliphatic rings. The summed E-state index contributed by atoms with van der Waals surface area (Å²) in [6.45, 7) is 15.4. The monoisotopic (exact) mass is 786 g/mol. The molecule has 2 heterocycles. The molecule has 8 heteroatoms. The second-order valence-corrected chi connectivity index (χ2v) is 14.8. The summed E-state index contributed by atoms with van der Waals surface area (Å²) in [5.74, 6) is 0. The normalized spacial score (nSPS) is 10.8. The van der Waals surface area contributed by atoms with E-state index in [1.54, 1.807) is 42.5 Å². The fraction of sp³-hybridized carbons (Fsp3) is 0. The first kappa shape index (κ1) is 36.6. The first-order valence-corrected chi connectivity index (χ1v) is 19.5. The maximum atomic E-state index is 11.5. The summed E-state index contributed by atoms with van der Waals surface area (Å²) in [7, 11) is 0. The number of nitrogens with zero attached hydrogens (tertiary/aromatic N) is 8. The quantitative estimate of drug-likeness (QED) is 0.162. The van der Waals surface area contributed by atoms with Crippen LogP contribution in [0.25, 0.3) is 98.1 Å². The highest BCUT2D eigenvalue weighted by Gasteiger charge is 2.23. The molecule has 0 saturated heterocycles. The van der Waals surface area contributed by atoms with Crippen molar-refractivity contribution in [2.45, 2.75) is 0 Å². The van der Waals surface area contributed by atoms with E-state index in [4.69, 9.17) is 13.1 Å². The number of para-hydroxylation sites is 2. The van der Waals surface area contributed by atoms with Crippen LogP contribution in [0.15, 0.2) is 158 Å². The summed E-state index contributed by atoms with van der Waals surface area (Å²) in [5, 5.41) is 45.0. The summed E-state index contributed by atoms with van der Waals surface area (Å²) in [5.41, 5.74) is 11.6. The molecule has 0 fully saturated rings. The second kappa shape index (κ2) is 14.6. The number of fused-ring (bicyclic) bond motifs is 6. The lowest BCUT2D eigenvalue weighted by Crippen LogP contribution is -2.05. The minimum absolute atomic E-state index is 0.363. The molecule has 8 aromatic carbocycles. The highest BCUT2D eigenvalue weighted by atomic mass is 15.0. The van der Waals surface area contributed by atoms with Crippen molar-refractivity contribution in [2.75, 3.05) is 0 Å². The highest BCUT2D eigenvalue weighted by Crippen LogP contribution is 2.42. The number of aromatic nitrogens is 2. The summed E-state index contributed by atoms with van der Waals surface area (Å²) < 4.78 is 4.22.